The van der Waals surface area contributed by atoms with Gasteiger partial charge < -0.3 is 10.2 Å². The van der Waals surface area contributed by atoms with Crippen LogP contribution in [0.3, 0.4) is 0 Å². The molecule has 138 valence electrons. The third-order valence-corrected chi connectivity index (χ3v) is 4.63. The number of rotatable bonds is 7. The van der Waals surface area contributed by atoms with Gasteiger partial charge in [0.15, 0.2) is 0 Å². The van der Waals surface area contributed by atoms with Gasteiger partial charge in [-0.1, -0.05) is 54.6 Å². The number of hydrogen-bond acceptors (Lipinski definition) is 3. The first-order chi connectivity index (χ1) is 13.2. The second-order valence-electron chi connectivity index (χ2n) is 6.51. The predicted octanol–water partition coefficient (Wildman–Crippen LogP) is 4.35. The summed E-state index contributed by atoms with van der Waals surface area (Å²) in [5.41, 5.74) is 4.10. The summed E-state index contributed by atoms with van der Waals surface area (Å²) in [6, 6.07) is 22.1. The highest BCUT2D eigenvalue weighted by molar-refractivity contribution is 5.94. The quantitative estimate of drug-likeness (QED) is 0.682. The summed E-state index contributed by atoms with van der Waals surface area (Å²) < 4.78 is 0. The molecule has 0 bridgehead atoms. The van der Waals surface area contributed by atoms with E-state index in [2.05, 4.69) is 34.3 Å². The van der Waals surface area contributed by atoms with E-state index in [1.807, 2.05) is 61.5 Å². The van der Waals surface area contributed by atoms with Crippen LogP contribution < -0.4 is 10.2 Å². The molecule has 3 rings (SSSR count). The van der Waals surface area contributed by atoms with Crippen molar-refractivity contribution in [1.29, 1.82) is 0 Å². The minimum atomic E-state index is -0.108. The molecule has 27 heavy (non-hydrogen) atoms. The van der Waals surface area contributed by atoms with Gasteiger partial charge in [0, 0.05) is 25.8 Å². The molecular formula is C23H25N3O. The number of carbonyl (C=O) groups is 1. The Morgan fingerprint density at radius 1 is 1.00 bits per heavy atom. The summed E-state index contributed by atoms with van der Waals surface area (Å²) in [4.78, 5) is 19.1. The lowest BCUT2D eigenvalue weighted by atomic mass is 10.1. The fraction of sp³-hybridized carbons (Fsp3) is 0.217. The third-order valence-electron chi connectivity index (χ3n) is 4.63. The highest BCUT2D eigenvalue weighted by atomic mass is 16.1. The van der Waals surface area contributed by atoms with Gasteiger partial charge in [0.25, 0.3) is 5.91 Å². The summed E-state index contributed by atoms with van der Waals surface area (Å²) in [6.07, 6.45) is 1.65. The molecule has 0 unspecified atom stereocenters. The van der Waals surface area contributed by atoms with Gasteiger partial charge in [-0.2, -0.15) is 0 Å². The number of aryl methyl sites for hydroxylation is 1. The van der Waals surface area contributed by atoms with Crippen LogP contribution in [0.4, 0.5) is 5.82 Å². The number of pyridine rings is 1. The summed E-state index contributed by atoms with van der Waals surface area (Å²) in [5.74, 6) is 0.764. The third kappa shape index (κ3) is 4.94. The van der Waals surface area contributed by atoms with Crippen LogP contribution in [0.25, 0.3) is 0 Å². The molecule has 0 radical (unpaired) electrons. The summed E-state index contributed by atoms with van der Waals surface area (Å²) >= 11 is 0. The topological polar surface area (TPSA) is 45.2 Å². The van der Waals surface area contributed by atoms with Crippen LogP contribution >= 0.6 is 0 Å². The number of benzene rings is 2. The van der Waals surface area contributed by atoms with Gasteiger partial charge in [-0.15, -0.1) is 0 Å². The standard InChI is InChI=1S/C23H25N3O/c1-3-26(17-19-10-5-4-6-11-19)22-14-13-21(16-24-22)23(27)25-15-20-12-8-7-9-18(20)2/h4-14,16H,3,15,17H2,1-2H3,(H,25,27). The SMILES string of the molecule is CCN(Cc1ccccc1)c1ccc(C(=O)NCc2ccccc2C)cn1. The van der Waals surface area contributed by atoms with Crippen LogP contribution in [-0.4, -0.2) is 17.4 Å². The zero-order valence-electron chi connectivity index (χ0n) is 15.9. The van der Waals surface area contributed by atoms with E-state index in [-0.39, 0.29) is 5.91 Å². The molecule has 3 aromatic rings. The molecule has 0 saturated carbocycles. The van der Waals surface area contributed by atoms with Crippen molar-refractivity contribution in [1.82, 2.24) is 10.3 Å². The Bertz CT molecular complexity index is 876. The number of carbonyl (C=O) groups excluding carboxylic acids is 1. The number of nitrogens with one attached hydrogen (secondary N) is 1. The molecule has 0 saturated heterocycles. The van der Waals surface area contributed by atoms with Gasteiger partial charge in [-0.25, -0.2) is 4.98 Å². The zero-order chi connectivity index (χ0) is 19.1. The maximum Gasteiger partial charge on any atom is 0.253 e. The fourth-order valence-electron chi connectivity index (χ4n) is 2.95. The van der Waals surface area contributed by atoms with E-state index in [1.54, 1.807) is 6.20 Å². The van der Waals surface area contributed by atoms with Gasteiger partial charge in [0.05, 0.1) is 5.56 Å². The highest BCUT2D eigenvalue weighted by Gasteiger charge is 2.10. The second-order valence-corrected chi connectivity index (χ2v) is 6.51. The molecule has 4 heteroatoms. The summed E-state index contributed by atoms with van der Waals surface area (Å²) in [6.45, 7) is 6.31. The molecule has 4 nitrogen and oxygen atoms in total. The molecule has 0 aliphatic heterocycles. The molecule has 0 aliphatic rings. The first-order valence-corrected chi connectivity index (χ1v) is 9.25. The van der Waals surface area contributed by atoms with Crippen molar-refractivity contribution >= 4 is 11.7 Å². The Labute approximate surface area is 160 Å². The molecule has 0 fully saturated rings. The van der Waals surface area contributed by atoms with E-state index < -0.39 is 0 Å². The molecule has 1 aromatic heterocycles. The van der Waals surface area contributed by atoms with Crippen LogP contribution in [0.15, 0.2) is 72.9 Å². The molecule has 0 atom stereocenters. The van der Waals surface area contributed by atoms with E-state index in [4.69, 9.17) is 0 Å². The Kier molecular flexibility index (Phi) is 6.21. The van der Waals surface area contributed by atoms with Crippen LogP contribution in [0.5, 0.6) is 0 Å². The number of nitrogens with zero attached hydrogens (tertiary/aromatic N) is 2. The van der Waals surface area contributed by atoms with Crippen molar-refractivity contribution in [2.24, 2.45) is 0 Å². The largest absolute Gasteiger partial charge is 0.353 e. The molecule has 1 amide bonds. The highest BCUT2D eigenvalue weighted by Crippen LogP contribution is 2.15. The maximum atomic E-state index is 12.4. The summed E-state index contributed by atoms with van der Waals surface area (Å²) in [7, 11) is 0. The van der Waals surface area contributed by atoms with Crippen LogP contribution in [-0.2, 0) is 13.1 Å². The number of hydrogen-bond donors (Lipinski definition) is 1. The lowest BCUT2D eigenvalue weighted by molar-refractivity contribution is 0.0950. The van der Waals surface area contributed by atoms with Gasteiger partial charge in [-0.05, 0) is 42.7 Å². The van der Waals surface area contributed by atoms with Crippen molar-refractivity contribution in [2.45, 2.75) is 26.9 Å². The van der Waals surface area contributed by atoms with E-state index in [1.165, 1.54) is 11.1 Å². The Morgan fingerprint density at radius 2 is 1.74 bits per heavy atom. The average Bonchev–Trinajstić information content (AvgIpc) is 2.72. The summed E-state index contributed by atoms with van der Waals surface area (Å²) in [5, 5.41) is 2.97. The lowest BCUT2D eigenvalue weighted by Crippen LogP contribution is -2.25. The van der Waals surface area contributed by atoms with Gasteiger partial charge in [0.1, 0.15) is 5.82 Å². The van der Waals surface area contributed by atoms with E-state index >= 15 is 0 Å². The van der Waals surface area contributed by atoms with Crippen molar-refractivity contribution in [2.75, 3.05) is 11.4 Å². The number of anilines is 1. The maximum absolute atomic E-state index is 12.4. The van der Waals surface area contributed by atoms with Gasteiger partial charge in [-0.3, -0.25) is 4.79 Å². The van der Waals surface area contributed by atoms with E-state index in [0.717, 1.165) is 24.5 Å². The van der Waals surface area contributed by atoms with Crippen molar-refractivity contribution < 1.29 is 4.79 Å². The van der Waals surface area contributed by atoms with Gasteiger partial charge >= 0.3 is 0 Å². The Morgan fingerprint density at radius 3 is 2.41 bits per heavy atom. The van der Waals surface area contributed by atoms with Crippen molar-refractivity contribution in [3.05, 3.63) is 95.2 Å². The number of amides is 1. The Hall–Kier alpha value is -3.14. The van der Waals surface area contributed by atoms with Gasteiger partial charge in [0.2, 0.25) is 0 Å². The first-order valence-electron chi connectivity index (χ1n) is 9.25. The van der Waals surface area contributed by atoms with Crippen LogP contribution in [0.1, 0.15) is 34.0 Å². The minimum Gasteiger partial charge on any atom is -0.353 e. The first kappa shape index (κ1) is 18.6. The fourth-order valence-corrected chi connectivity index (χ4v) is 2.95. The minimum absolute atomic E-state index is 0.108. The number of aromatic nitrogens is 1. The molecule has 0 spiro atoms. The normalized spacial score (nSPS) is 10.4. The molecule has 1 N–H and O–H groups in total. The molecule has 2 aromatic carbocycles. The predicted molar refractivity (Wildman–Crippen MR) is 110 cm³/mol. The zero-order valence-corrected chi connectivity index (χ0v) is 15.9. The average molecular weight is 359 g/mol. The van der Waals surface area contributed by atoms with E-state index in [0.29, 0.717) is 12.1 Å². The molecular weight excluding hydrogens is 334 g/mol. The lowest BCUT2D eigenvalue weighted by Gasteiger charge is -2.22. The smallest absolute Gasteiger partial charge is 0.253 e. The van der Waals surface area contributed by atoms with E-state index in [9.17, 15) is 4.79 Å². The monoisotopic (exact) mass is 359 g/mol. The molecule has 1 heterocycles. The van der Waals surface area contributed by atoms with Crippen molar-refractivity contribution in [3.8, 4) is 0 Å². The van der Waals surface area contributed by atoms with Crippen LogP contribution in [0, 0.1) is 6.92 Å². The second kappa shape index (κ2) is 8.99. The Balaban J connectivity index is 1.63. The van der Waals surface area contributed by atoms with Crippen molar-refractivity contribution in [3.63, 3.8) is 0 Å². The van der Waals surface area contributed by atoms with Crippen LogP contribution in [0.2, 0.25) is 0 Å². The molecule has 0 aliphatic carbocycles.